The van der Waals surface area contributed by atoms with Crippen molar-refractivity contribution in [1.82, 2.24) is 0 Å². The second-order valence-electron chi connectivity index (χ2n) is 6.75. The largest absolute Gasteiger partial charge is 0.372 e. The average Bonchev–Trinajstić information content (AvgIpc) is 2.76. The van der Waals surface area contributed by atoms with Crippen LogP contribution in [0.1, 0.15) is 0 Å². The van der Waals surface area contributed by atoms with Crippen molar-refractivity contribution in [2.24, 2.45) is 0 Å². The van der Waals surface area contributed by atoms with Crippen LogP contribution in [0.3, 0.4) is 0 Å². The zero-order valence-corrected chi connectivity index (χ0v) is 16.0. The maximum Gasteiger partial charge on any atom is 0.212 e. The summed E-state index contributed by atoms with van der Waals surface area (Å²) < 4.78 is 16.0. The molecule has 0 aliphatic rings. The van der Waals surface area contributed by atoms with Crippen molar-refractivity contribution in [3.8, 4) is 0 Å². The highest BCUT2D eigenvalue weighted by Gasteiger charge is 2.08. The first-order chi connectivity index (χ1) is 13.9. The van der Waals surface area contributed by atoms with Crippen LogP contribution in [-0.4, -0.2) is 26.4 Å². The maximum atomic E-state index is 5.76. The van der Waals surface area contributed by atoms with Crippen LogP contribution in [0.25, 0.3) is 21.8 Å². The third kappa shape index (κ3) is 4.53. The molecule has 2 aromatic heterocycles. The van der Waals surface area contributed by atoms with Gasteiger partial charge >= 0.3 is 0 Å². The number of nitrogens with zero attached hydrogens (tertiary/aromatic N) is 2. The summed E-state index contributed by atoms with van der Waals surface area (Å²) in [7, 11) is 0. The topological polar surface area (TPSA) is 26.2 Å². The predicted molar refractivity (Wildman–Crippen MR) is 110 cm³/mol. The Balaban J connectivity index is 1.16. The number of pyridine rings is 2. The molecule has 142 valence electrons. The Morgan fingerprint density at radius 1 is 0.500 bits per heavy atom. The van der Waals surface area contributed by atoms with Gasteiger partial charge in [-0.2, -0.15) is 9.13 Å². The normalized spacial score (nSPS) is 11.3. The summed E-state index contributed by atoms with van der Waals surface area (Å²) >= 11 is 0. The smallest absolute Gasteiger partial charge is 0.212 e. The minimum Gasteiger partial charge on any atom is -0.372 e. The van der Waals surface area contributed by atoms with E-state index in [2.05, 4.69) is 94.3 Å². The van der Waals surface area contributed by atoms with E-state index in [4.69, 9.17) is 9.47 Å². The molecule has 28 heavy (non-hydrogen) atoms. The maximum absolute atomic E-state index is 5.76. The number of benzene rings is 2. The van der Waals surface area contributed by atoms with Gasteiger partial charge in [0.25, 0.3) is 0 Å². The molecule has 0 aliphatic carbocycles. The molecular weight excluding hydrogens is 348 g/mol. The van der Waals surface area contributed by atoms with Crippen molar-refractivity contribution in [2.45, 2.75) is 13.1 Å². The lowest BCUT2D eigenvalue weighted by Crippen LogP contribution is -2.37. The highest BCUT2D eigenvalue weighted by Crippen LogP contribution is 2.08. The van der Waals surface area contributed by atoms with Gasteiger partial charge in [-0.25, -0.2) is 0 Å². The molecule has 0 saturated heterocycles. The van der Waals surface area contributed by atoms with Crippen LogP contribution < -0.4 is 9.13 Å². The number of ether oxygens (including phenoxy) is 2. The van der Waals surface area contributed by atoms with Crippen molar-refractivity contribution in [1.29, 1.82) is 0 Å². The fraction of sp³-hybridized carbons (Fsp3) is 0.250. The van der Waals surface area contributed by atoms with Crippen molar-refractivity contribution >= 4 is 21.8 Å². The summed E-state index contributed by atoms with van der Waals surface area (Å²) in [6, 6.07) is 25.3. The van der Waals surface area contributed by atoms with Gasteiger partial charge in [0, 0.05) is 35.0 Å². The van der Waals surface area contributed by atoms with E-state index in [1.165, 1.54) is 21.8 Å². The molecule has 0 amide bonds. The number of fused-ring (bicyclic) bond motifs is 2. The van der Waals surface area contributed by atoms with Crippen molar-refractivity contribution in [2.75, 3.05) is 26.4 Å². The number of para-hydroxylation sites is 2. The van der Waals surface area contributed by atoms with E-state index < -0.39 is 0 Å². The number of aromatic nitrogens is 2. The molecule has 4 rings (SSSR count). The Morgan fingerprint density at radius 3 is 1.43 bits per heavy atom. The Hall–Kier alpha value is -2.82. The predicted octanol–water partition coefficient (Wildman–Crippen LogP) is 3.30. The molecule has 0 saturated carbocycles. The first-order valence-electron chi connectivity index (χ1n) is 9.82. The van der Waals surface area contributed by atoms with Gasteiger partial charge in [-0.05, 0) is 24.3 Å². The summed E-state index contributed by atoms with van der Waals surface area (Å²) in [4.78, 5) is 0. The minimum atomic E-state index is 0.617. The van der Waals surface area contributed by atoms with E-state index in [9.17, 15) is 0 Å². The van der Waals surface area contributed by atoms with Gasteiger partial charge in [0.1, 0.15) is 13.2 Å². The Bertz CT molecular complexity index is 953. The molecule has 0 spiro atoms. The summed E-state index contributed by atoms with van der Waals surface area (Å²) in [5.74, 6) is 0. The molecule has 4 aromatic rings. The van der Waals surface area contributed by atoms with Crippen LogP contribution >= 0.6 is 0 Å². The second kappa shape index (κ2) is 9.40. The SMILES string of the molecule is c1ccc2c(c1)ccc[n+]2CCOCCOCC[n+]1cccc2ccccc21. The first kappa shape index (κ1) is 18.5. The first-order valence-corrected chi connectivity index (χ1v) is 9.82. The van der Waals surface area contributed by atoms with Crippen LogP contribution in [0.15, 0.2) is 85.2 Å². The Morgan fingerprint density at radius 2 is 0.929 bits per heavy atom. The lowest BCUT2D eigenvalue weighted by molar-refractivity contribution is -0.673. The van der Waals surface area contributed by atoms with E-state index in [1.54, 1.807) is 0 Å². The van der Waals surface area contributed by atoms with Gasteiger partial charge in [-0.3, -0.25) is 0 Å². The van der Waals surface area contributed by atoms with Crippen LogP contribution in [0.5, 0.6) is 0 Å². The number of hydrogen-bond acceptors (Lipinski definition) is 2. The molecule has 2 heterocycles. The van der Waals surface area contributed by atoms with E-state index >= 15 is 0 Å². The highest BCUT2D eigenvalue weighted by molar-refractivity contribution is 5.75. The van der Waals surface area contributed by atoms with Crippen LogP contribution in [0.4, 0.5) is 0 Å². The van der Waals surface area contributed by atoms with E-state index in [0.717, 1.165) is 13.1 Å². The highest BCUT2D eigenvalue weighted by atomic mass is 16.5. The van der Waals surface area contributed by atoms with Crippen LogP contribution in [-0.2, 0) is 22.6 Å². The molecule has 4 nitrogen and oxygen atoms in total. The average molecular weight is 374 g/mol. The quantitative estimate of drug-likeness (QED) is 0.332. The standard InChI is InChI=1S/C24H26N2O2/c1-3-11-23-21(7-1)9-5-13-25(23)15-17-27-19-20-28-18-16-26-14-6-10-22-8-2-4-12-24(22)26/h1-14H,15-20H2/q+2. The summed E-state index contributed by atoms with van der Waals surface area (Å²) in [6.45, 7) is 4.28. The molecule has 0 aliphatic heterocycles. The fourth-order valence-corrected chi connectivity index (χ4v) is 3.48. The Kier molecular flexibility index (Phi) is 6.22. The lowest BCUT2D eigenvalue weighted by atomic mass is 10.2. The van der Waals surface area contributed by atoms with Crippen molar-refractivity contribution in [3.63, 3.8) is 0 Å². The van der Waals surface area contributed by atoms with Gasteiger partial charge < -0.3 is 9.47 Å². The summed E-state index contributed by atoms with van der Waals surface area (Å²) in [5, 5.41) is 2.50. The molecular formula is C24H26N2O2+2. The molecule has 0 fully saturated rings. The van der Waals surface area contributed by atoms with Gasteiger partial charge in [0.15, 0.2) is 25.5 Å². The molecule has 0 atom stereocenters. The Labute approximate surface area is 165 Å². The summed E-state index contributed by atoms with van der Waals surface area (Å²) in [6.07, 6.45) is 4.20. The zero-order valence-electron chi connectivity index (χ0n) is 16.0. The second-order valence-corrected chi connectivity index (χ2v) is 6.75. The molecule has 0 radical (unpaired) electrons. The number of rotatable bonds is 9. The van der Waals surface area contributed by atoms with Crippen LogP contribution in [0, 0.1) is 0 Å². The lowest BCUT2D eigenvalue weighted by Gasteiger charge is -2.05. The zero-order chi connectivity index (χ0) is 19.0. The third-order valence-corrected chi connectivity index (χ3v) is 4.90. The van der Waals surface area contributed by atoms with Crippen molar-refractivity contribution in [3.05, 3.63) is 85.2 Å². The van der Waals surface area contributed by atoms with Gasteiger partial charge in [0.05, 0.1) is 13.2 Å². The summed E-state index contributed by atoms with van der Waals surface area (Å²) in [5.41, 5.74) is 2.47. The van der Waals surface area contributed by atoms with Gasteiger partial charge in [-0.15, -0.1) is 0 Å². The molecule has 2 aromatic carbocycles. The minimum absolute atomic E-state index is 0.617. The molecule has 4 heteroatoms. The van der Waals surface area contributed by atoms with Gasteiger partial charge in [0.2, 0.25) is 11.0 Å². The number of hydrogen-bond donors (Lipinski definition) is 0. The monoisotopic (exact) mass is 374 g/mol. The van der Waals surface area contributed by atoms with Gasteiger partial charge in [-0.1, -0.05) is 24.3 Å². The van der Waals surface area contributed by atoms with E-state index in [1.807, 2.05) is 0 Å². The van der Waals surface area contributed by atoms with Crippen LogP contribution in [0.2, 0.25) is 0 Å². The molecule has 0 N–H and O–H groups in total. The third-order valence-electron chi connectivity index (χ3n) is 4.90. The van der Waals surface area contributed by atoms with E-state index in [0.29, 0.717) is 26.4 Å². The molecule has 0 bridgehead atoms. The van der Waals surface area contributed by atoms with E-state index in [-0.39, 0.29) is 0 Å². The fourth-order valence-electron chi connectivity index (χ4n) is 3.48. The van der Waals surface area contributed by atoms with Crippen molar-refractivity contribution < 1.29 is 18.6 Å². The molecule has 0 unspecified atom stereocenters.